The number of benzene rings is 1. The number of nitrogens with zero attached hydrogens (tertiary/aromatic N) is 1. The van der Waals surface area contributed by atoms with Gasteiger partial charge in [-0.1, -0.05) is 0 Å². The Morgan fingerprint density at radius 3 is 2.56 bits per heavy atom. The van der Waals surface area contributed by atoms with Gasteiger partial charge in [0.15, 0.2) is 0 Å². The Morgan fingerprint density at radius 2 is 1.94 bits per heavy atom. The molecule has 0 saturated carbocycles. The van der Waals surface area contributed by atoms with E-state index in [2.05, 4.69) is 0 Å². The third kappa shape index (κ3) is 1.80. The van der Waals surface area contributed by atoms with Crippen molar-refractivity contribution in [3.63, 3.8) is 0 Å². The molecule has 0 aliphatic carbocycles. The Hall–Kier alpha value is -1.79. The van der Waals surface area contributed by atoms with E-state index in [9.17, 15) is 4.79 Å². The molecule has 0 aromatic heterocycles. The van der Waals surface area contributed by atoms with Gasteiger partial charge >= 0.3 is 5.97 Å². The molecule has 0 amide bonds. The molecule has 86 valence electrons. The van der Waals surface area contributed by atoms with Crippen LogP contribution in [-0.2, 0) is 4.74 Å². The first-order chi connectivity index (χ1) is 7.39. The maximum atomic E-state index is 11.6. The first-order valence-corrected chi connectivity index (χ1v) is 4.63. The van der Waals surface area contributed by atoms with Gasteiger partial charge in [0, 0.05) is 13.8 Å². The third-order valence-electron chi connectivity index (χ3n) is 2.11. The largest absolute Gasteiger partial charge is 0.452 e. The molecule has 1 aliphatic heterocycles. The van der Waals surface area contributed by atoms with E-state index < -0.39 is 11.8 Å². The molecule has 6 heteroatoms. The van der Waals surface area contributed by atoms with E-state index in [0.29, 0.717) is 5.75 Å². The van der Waals surface area contributed by atoms with E-state index in [0.717, 1.165) is 0 Å². The van der Waals surface area contributed by atoms with E-state index in [1.165, 1.54) is 18.2 Å². The molecule has 1 heterocycles. The highest BCUT2D eigenvalue weighted by Gasteiger charge is 2.34. The Bertz CT molecular complexity index is 441. The minimum atomic E-state index is -1.01. The summed E-state index contributed by atoms with van der Waals surface area (Å²) in [7, 11) is 0. The summed E-state index contributed by atoms with van der Waals surface area (Å²) in [6, 6.07) is 4.16. The van der Waals surface area contributed by atoms with Crippen molar-refractivity contribution in [1.82, 2.24) is 0 Å². The van der Waals surface area contributed by atoms with Crippen LogP contribution < -0.4 is 9.96 Å². The first kappa shape index (κ1) is 10.7. The molecule has 0 radical (unpaired) electrons. The van der Waals surface area contributed by atoms with Crippen LogP contribution in [0.15, 0.2) is 18.2 Å². The van der Waals surface area contributed by atoms with Crippen molar-refractivity contribution in [2.24, 2.45) is 0 Å². The summed E-state index contributed by atoms with van der Waals surface area (Å²) in [5.74, 6) is -1.22. The van der Waals surface area contributed by atoms with Crippen LogP contribution in [0, 0.1) is 0 Å². The molecule has 0 spiro atoms. The summed E-state index contributed by atoms with van der Waals surface area (Å²) >= 11 is 0. The second-order valence-electron chi connectivity index (χ2n) is 3.86. The van der Waals surface area contributed by atoms with E-state index >= 15 is 0 Å². The minimum Gasteiger partial charge on any atom is -0.452 e. The van der Waals surface area contributed by atoms with E-state index in [-0.39, 0.29) is 16.5 Å². The van der Waals surface area contributed by atoms with Crippen molar-refractivity contribution >= 4 is 11.7 Å². The number of carbonyl (C=O) groups is 1. The normalized spacial score (nSPS) is 17.1. The van der Waals surface area contributed by atoms with Crippen LogP contribution in [0.4, 0.5) is 5.69 Å². The van der Waals surface area contributed by atoms with Crippen LogP contribution in [0.3, 0.4) is 0 Å². The standard InChI is InChI=1S/C10H11NO5/c1-10(2)15-8-4-3-6(11(13)14)5-7(8)9(12)16-10/h3-5,13-14H,1-2H3. The van der Waals surface area contributed by atoms with Crippen molar-refractivity contribution in [3.05, 3.63) is 23.8 Å². The molecule has 0 unspecified atom stereocenters. The number of cyclic esters (lactones) is 1. The second-order valence-corrected chi connectivity index (χ2v) is 3.86. The predicted molar refractivity (Wildman–Crippen MR) is 52.6 cm³/mol. The molecule has 1 aromatic rings. The third-order valence-corrected chi connectivity index (χ3v) is 2.11. The van der Waals surface area contributed by atoms with Crippen LogP contribution in [0.2, 0.25) is 0 Å². The molecule has 2 N–H and O–H groups in total. The van der Waals surface area contributed by atoms with Gasteiger partial charge in [0.1, 0.15) is 11.3 Å². The SMILES string of the molecule is CC1(C)OC(=O)c2cc(N(O)O)ccc2O1. The fraction of sp³-hybridized carbons (Fsp3) is 0.300. The lowest BCUT2D eigenvalue weighted by atomic mass is 10.1. The lowest BCUT2D eigenvalue weighted by molar-refractivity contribution is -0.127. The van der Waals surface area contributed by atoms with E-state index in [1.54, 1.807) is 13.8 Å². The highest BCUT2D eigenvalue weighted by Crippen LogP contribution is 2.33. The predicted octanol–water partition coefficient (Wildman–Crippen LogP) is 1.56. The molecule has 0 saturated heterocycles. The molecule has 1 aromatic carbocycles. The zero-order chi connectivity index (χ0) is 11.9. The molecular weight excluding hydrogens is 214 g/mol. The quantitative estimate of drug-likeness (QED) is 0.557. The summed E-state index contributed by atoms with van der Waals surface area (Å²) < 4.78 is 10.4. The number of ether oxygens (including phenoxy) is 2. The highest BCUT2D eigenvalue weighted by atomic mass is 16.8. The molecule has 0 atom stereocenters. The number of hydrogen-bond donors (Lipinski definition) is 2. The van der Waals surface area contributed by atoms with Crippen molar-refractivity contribution in [2.45, 2.75) is 19.6 Å². The summed E-state index contributed by atoms with van der Waals surface area (Å²) in [5.41, 5.74) is 0.212. The molecule has 0 fully saturated rings. The molecule has 2 rings (SSSR count). The summed E-state index contributed by atoms with van der Waals surface area (Å²) in [6.45, 7) is 3.23. The fourth-order valence-electron chi connectivity index (χ4n) is 1.45. The van der Waals surface area contributed by atoms with Crippen molar-refractivity contribution in [3.8, 4) is 5.75 Å². The molecule has 16 heavy (non-hydrogen) atoms. The molecule has 6 nitrogen and oxygen atoms in total. The Morgan fingerprint density at radius 1 is 1.25 bits per heavy atom. The smallest absolute Gasteiger partial charge is 0.345 e. The number of esters is 1. The van der Waals surface area contributed by atoms with E-state index in [1.807, 2.05) is 0 Å². The number of carbonyl (C=O) groups excluding carboxylic acids is 1. The van der Waals surface area contributed by atoms with Crippen LogP contribution >= 0.6 is 0 Å². The number of fused-ring (bicyclic) bond motifs is 1. The zero-order valence-corrected chi connectivity index (χ0v) is 8.80. The number of rotatable bonds is 1. The van der Waals surface area contributed by atoms with E-state index in [4.69, 9.17) is 19.9 Å². The summed E-state index contributed by atoms with van der Waals surface area (Å²) in [6.07, 6.45) is 0. The monoisotopic (exact) mass is 225 g/mol. The van der Waals surface area contributed by atoms with Gasteiger partial charge < -0.3 is 9.47 Å². The maximum Gasteiger partial charge on any atom is 0.345 e. The topological polar surface area (TPSA) is 79.2 Å². The van der Waals surface area contributed by atoms with Gasteiger partial charge in [-0.05, 0) is 18.2 Å². The second kappa shape index (κ2) is 3.36. The van der Waals surface area contributed by atoms with Gasteiger partial charge in [0.2, 0.25) is 5.79 Å². The lowest BCUT2D eigenvalue weighted by Crippen LogP contribution is -2.38. The van der Waals surface area contributed by atoms with Gasteiger partial charge in [-0.15, -0.1) is 5.23 Å². The van der Waals surface area contributed by atoms with Crippen LogP contribution in [0.25, 0.3) is 0 Å². The maximum absolute atomic E-state index is 11.6. The molecule has 0 bridgehead atoms. The van der Waals surface area contributed by atoms with Crippen LogP contribution in [0.1, 0.15) is 24.2 Å². The highest BCUT2D eigenvalue weighted by molar-refractivity contribution is 5.94. The van der Waals surface area contributed by atoms with Gasteiger partial charge in [-0.25, -0.2) is 4.79 Å². The van der Waals surface area contributed by atoms with Crippen molar-refractivity contribution in [1.29, 1.82) is 0 Å². The average Bonchev–Trinajstić information content (AvgIpc) is 2.15. The Labute approximate surface area is 91.5 Å². The first-order valence-electron chi connectivity index (χ1n) is 4.63. The summed E-state index contributed by atoms with van der Waals surface area (Å²) in [4.78, 5) is 11.6. The Balaban J connectivity index is 2.45. The Kier molecular flexibility index (Phi) is 2.25. The number of hydrogen-bond acceptors (Lipinski definition) is 6. The van der Waals surface area contributed by atoms with Crippen LogP contribution in [0.5, 0.6) is 5.75 Å². The number of anilines is 1. The van der Waals surface area contributed by atoms with Crippen molar-refractivity contribution < 1.29 is 24.7 Å². The average molecular weight is 225 g/mol. The van der Waals surface area contributed by atoms with Gasteiger partial charge in [0.05, 0.1) is 5.69 Å². The van der Waals surface area contributed by atoms with Gasteiger partial charge in [0.25, 0.3) is 0 Å². The lowest BCUT2D eigenvalue weighted by Gasteiger charge is -2.31. The van der Waals surface area contributed by atoms with Crippen LogP contribution in [-0.4, -0.2) is 22.2 Å². The molecule has 1 aliphatic rings. The van der Waals surface area contributed by atoms with Gasteiger partial charge in [-0.3, -0.25) is 10.4 Å². The fourth-order valence-corrected chi connectivity index (χ4v) is 1.45. The van der Waals surface area contributed by atoms with Gasteiger partial charge in [-0.2, -0.15) is 0 Å². The summed E-state index contributed by atoms with van der Waals surface area (Å²) in [5, 5.41) is 17.5. The zero-order valence-electron chi connectivity index (χ0n) is 8.80. The molecular formula is C10H11NO5. The van der Waals surface area contributed by atoms with Crippen molar-refractivity contribution in [2.75, 3.05) is 5.23 Å². The minimum absolute atomic E-state index is 0.0546.